The molecule has 0 bridgehead atoms. The van der Waals surface area contributed by atoms with Crippen LogP contribution in [0.15, 0.2) is 59.3 Å². The number of hydrogen-bond donors (Lipinski definition) is 1. The lowest BCUT2D eigenvalue weighted by molar-refractivity contribution is -0.141. The van der Waals surface area contributed by atoms with Gasteiger partial charge in [0.2, 0.25) is 0 Å². The third kappa shape index (κ3) is 13.5. The molecular weight excluding hydrogens is 354 g/mol. The lowest BCUT2D eigenvalue weighted by Gasteiger charge is -2.13. The average Bonchev–Trinajstić information content (AvgIpc) is 2.63. The molecular formula is C23H33NO4. The smallest absolute Gasteiger partial charge is 0.313 e. The Hall–Kier alpha value is -2.69. The zero-order valence-electron chi connectivity index (χ0n) is 17.8. The summed E-state index contributed by atoms with van der Waals surface area (Å²) in [5.41, 5.74) is 0.900. The first-order valence-corrected chi connectivity index (χ1v) is 9.38. The molecule has 28 heavy (non-hydrogen) atoms. The molecule has 1 aromatic carbocycles. The number of carbonyl (C=O) groups excluding carboxylic acids is 1. The van der Waals surface area contributed by atoms with Crippen molar-refractivity contribution in [2.75, 3.05) is 0 Å². The summed E-state index contributed by atoms with van der Waals surface area (Å²) in [5, 5.41) is 9.06. The van der Waals surface area contributed by atoms with Crippen molar-refractivity contribution < 1.29 is 19.4 Å². The fourth-order valence-electron chi connectivity index (χ4n) is 1.76. The van der Waals surface area contributed by atoms with Crippen molar-refractivity contribution in [3.05, 3.63) is 59.9 Å². The minimum Gasteiger partial charge on any atom is -0.492 e. The minimum atomic E-state index is -0.885. The van der Waals surface area contributed by atoms with Crippen LogP contribution in [0.2, 0.25) is 0 Å². The predicted octanol–water partition coefficient (Wildman–Crippen LogP) is 5.22. The maximum absolute atomic E-state index is 11.0. The highest BCUT2D eigenvalue weighted by Gasteiger charge is 2.17. The number of hydrogen-bond acceptors (Lipinski definition) is 4. The Kier molecular flexibility index (Phi) is 12.2. The number of Topliss-reactive ketones (excluding diaryl/α,β-unsaturated/α-hetero) is 1. The van der Waals surface area contributed by atoms with Gasteiger partial charge in [-0.25, -0.2) is 0 Å². The number of rotatable bonds is 8. The van der Waals surface area contributed by atoms with E-state index in [1.54, 1.807) is 13.0 Å². The zero-order chi connectivity index (χ0) is 21.6. The lowest BCUT2D eigenvalue weighted by Crippen LogP contribution is -2.14. The Labute approximate surface area is 168 Å². The summed E-state index contributed by atoms with van der Waals surface area (Å²) < 4.78 is 5.63. The molecule has 0 amide bonds. The van der Waals surface area contributed by atoms with Crippen LogP contribution in [0, 0.1) is 5.92 Å². The van der Waals surface area contributed by atoms with Crippen LogP contribution in [0.4, 0.5) is 0 Å². The predicted molar refractivity (Wildman–Crippen MR) is 114 cm³/mol. The Morgan fingerprint density at radius 2 is 1.82 bits per heavy atom. The maximum atomic E-state index is 11.0. The maximum Gasteiger partial charge on any atom is 0.313 e. The molecule has 0 aliphatic heterocycles. The summed E-state index contributed by atoms with van der Waals surface area (Å²) in [6.45, 7) is 11.4. The quantitative estimate of drug-likeness (QED) is 0.377. The summed E-state index contributed by atoms with van der Waals surface area (Å²) in [6, 6.07) is 9.69. The van der Waals surface area contributed by atoms with Crippen LogP contribution in [0.1, 0.15) is 53.5 Å². The van der Waals surface area contributed by atoms with Gasteiger partial charge in [0.05, 0.1) is 11.8 Å². The largest absolute Gasteiger partial charge is 0.492 e. The molecule has 0 fully saturated rings. The van der Waals surface area contributed by atoms with Crippen molar-refractivity contribution in [1.82, 2.24) is 0 Å². The summed E-state index contributed by atoms with van der Waals surface area (Å²) >= 11 is 0. The summed E-state index contributed by atoms with van der Waals surface area (Å²) in [7, 11) is 0. The Bertz CT molecular complexity index is 682. The molecule has 5 heteroatoms. The Balaban J connectivity index is 0.000000684. The molecule has 1 aromatic rings. The number of ether oxygens (including phenoxy) is 1. The second-order valence-electron chi connectivity index (χ2n) is 7.28. The lowest BCUT2D eigenvalue weighted by atomic mass is 10.1. The summed E-state index contributed by atoms with van der Waals surface area (Å²) in [5.74, 6) is -1.06. The van der Waals surface area contributed by atoms with E-state index in [0.717, 1.165) is 12.0 Å². The molecule has 0 aromatic heterocycles. The number of allylic oxidation sites excluding steroid dienone is 3. The molecule has 0 heterocycles. The van der Waals surface area contributed by atoms with Crippen LogP contribution in [0.25, 0.3) is 0 Å². The van der Waals surface area contributed by atoms with E-state index in [4.69, 9.17) is 9.84 Å². The van der Waals surface area contributed by atoms with E-state index in [9.17, 15) is 9.59 Å². The fraction of sp³-hybridized carbons (Fsp3) is 0.435. The van der Waals surface area contributed by atoms with Crippen LogP contribution >= 0.6 is 0 Å². The van der Waals surface area contributed by atoms with E-state index in [2.05, 4.69) is 4.99 Å². The highest BCUT2D eigenvalue weighted by molar-refractivity contribution is 6.26. The van der Waals surface area contributed by atoms with Gasteiger partial charge in [0, 0.05) is 6.92 Å². The highest BCUT2D eigenvalue weighted by Crippen LogP contribution is 2.15. The number of nitrogens with zero attached hydrogens (tertiary/aromatic N) is 1. The molecule has 0 radical (unpaired) electrons. The van der Waals surface area contributed by atoms with Crippen molar-refractivity contribution >= 4 is 18.0 Å². The SMILES string of the molecule is CC(=O)C=NC(C)(C)C.CC/C=C\C=C(\OCc1ccccc1)C(C)C(=O)O. The number of carboxylic acid groups (broad SMARTS) is 1. The first kappa shape index (κ1) is 25.3. The Morgan fingerprint density at radius 1 is 1.21 bits per heavy atom. The minimum absolute atomic E-state index is 0.00456. The van der Waals surface area contributed by atoms with Crippen LogP contribution in [0.3, 0.4) is 0 Å². The van der Waals surface area contributed by atoms with Gasteiger partial charge >= 0.3 is 5.97 Å². The topological polar surface area (TPSA) is 76.0 Å². The van der Waals surface area contributed by atoms with Crippen molar-refractivity contribution in [2.24, 2.45) is 10.9 Å². The van der Waals surface area contributed by atoms with E-state index in [1.807, 2.05) is 70.2 Å². The second-order valence-corrected chi connectivity index (χ2v) is 7.28. The van der Waals surface area contributed by atoms with Gasteiger partial charge < -0.3 is 9.84 Å². The van der Waals surface area contributed by atoms with Gasteiger partial charge in [-0.2, -0.15) is 0 Å². The third-order valence-electron chi connectivity index (χ3n) is 3.31. The molecule has 1 N–H and O–H groups in total. The monoisotopic (exact) mass is 387 g/mol. The standard InChI is InChI=1S/C16H20O3.C7H13NO/c1-3-4-6-11-15(13(2)16(17)18)19-12-14-9-7-5-8-10-14;1-6(9)5-8-7(2,3)4/h4-11,13H,3,12H2,1-2H3,(H,17,18);5H,1-4H3/b6-4-,15-11+;. The normalized spacial score (nSPS) is 13.1. The van der Waals surface area contributed by atoms with Gasteiger partial charge in [0.25, 0.3) is 0 Å². The van der Waals surface area contributed by atoms with E-state index in [0.29, 0.717) is 12.4 Å². The molecule has 1 atom stereocenters. The molecule has 0 spiro atoms. The van der Waals surface area contributed by atoms with E-state index < -0.39 is 11.9 Å². The molecule has 0 saturated heterocycles. The van der Waals surface area contributed by atoms with E-state index in [-0.39, 0.29) is 11.3 Å². The molecule has 0 saturated carbocycles. The second kappa shape index (κ2) is 13.5. The van der Waals surface area contributed by atoms with Gasteiger partial charge in [-0.1, -0.05) is 49.4 Å². The van der Waals surface area contributed by atoms with Crippen LogP contribution < -0.4 is 0 Å². The molecule has 0 aliphatic carbocycles. The van der Waals surface area contributed by atoms with Gasteiger partial charge in [0.1, 0.15) is 18.3 Å². The number of aliphatic carboxylic acids is 1. The third-order valence-corrected chi connectivity index (χ3v) is 3.31. The summed E-state index contributed by atoms with van der Waals surface area (Å²) in [4.78, 5) is 25.4. The van der Waals surface area contributed by atoms with Crippen LogP contribution in [-0.4, -0.2) is 28.6 Å². The van der Waals surface area contributed by atoms with E-state index >= 15 is 0 Å². The Morgan fingerprint density at radius 3 is 2.25 bits per heavy atom. The van der Waals surface area contributed by atoms with Crippen molar-refractivity contribution in [2.45, 2.75) is 60.1 Å². The molecule has 5 nitrogen and oxygen atoms in total. The summed E-state index contributed by atoms with van der Waals surface area (Å²) in [6.07, 6.45) is 7.79. The number of carboxylic acids is 1. The van der Waals surface area contributed by atoms with Crippen LogP contribution in [-0.2, 0) is 20.9 Å². The van der Waals surface area contributed by atoms with Crippen molar-refractivity contribution in [3.63, 3.8) is 0 Å². The van der Waals surface area contributed by atoms with Gasteiger partial charge in [-0.3, -0.25) is 14.6 Å². The zero-order valence-corrected chi connectivity index (χ0v) is 17.8. The fourth-order valence-corrected chi connectivity index (χ4v) is 1.76. The molecule has 154 valence electrons. The molecule has 1 unspecified atom stereocenters. The van der Waals surface area contributed by atoms with Crippen molar-refractivity contribution in [3.8, 4) is 0 Å². The van der Waals surface area contributed by atoms with E-state index in [1.165, 1.54) is 13.1 Å². The molecule has 1 rings (SSSR count). The number of ketones is 1. The van der Waals surface area contributed by atoms with Gasteiger partial charge in [-0.05, 0) is 45.8 Å². The first-order valence-electron chi connectivity index (χ1n) is 9.38. The first-order chi connectivity index (χ1) is 13.1. The average molecular weight is 388 g/mol. The van der Waals surface area contributed by atoms with Crippen molar-refractivity contribution in [1.29, 1.82) is 0 Å². The molecule has 0 aliphatic rings. The number of aliphatic imine (C=N–C) groups is 1. The highest BCUT2D eigenvalue weighted by atomic mass is 16.5. The van der Waals surface area contributed by atoms with Crippen LogP contribution in [0.5, 0.6) is 0 Å². The van der Waals surface area contributed by atoms with Gasteiger partial charge in [-0.15, -0.1) is 0 Å². The number of benzene rings is 1. The van der Waals surface area contributed by atoms with Gasteiger partial charge in [0.15, 0.2) is 5.78 Å². The number of carbonyl (C=O) groups is 2.